The van der Waals surface area contributed by atoms with Crippen LogP contribution >= 0.6 is 11.9 Å². The molecule has 26 heavy (non-hydrogen) atoms. The molecule has 0 heterocycles. The molecule has 0 unspecified atom stereocenters. The SMILES string of the molecule is C=CCSNC(=O)N(C(=N)OCCCCCCCC)C(=O)NCCCC. The summed E-state index contributed by atoms with van der Waals surface area (Å²) < 4.78 is 7.84. The molecule has 0 rings (SSSR count). The van der Waals surface area contributed by atoms with Crippen molar-refractivity contribution in [3.8, 4) is 0 Å². The molecule has 8 heteroatoms. The van der Waals surface area contributed by atoms with Crippen molar-refractivity contribution in [3.05, 3.63) is 12.7 Å². The maximum atomic E-state index is 12.2. The minimum Gasteiger partial charge on any atom is -0.465 e. The van der Waals surface area contributed by atoms with Crippen LogP contribution in [0.3, 0.4) is 0 Å². The zero-order valence-corrected chi connectivity index (χ0v) is 17.0. The van der Waals surface area contributed by atoms with Crippen LogP contribution in [0.2, 0.25) is 0 Å². The Kier molecular flexibility index (Phi) is 15.7. The fourth-order valence-electron chi connectivity index (χ4n) is 2.05. The van der Waals surface area contributed by atoms with Crippen LogP contribution in [0.15, 0.2) is 12.7 Å². The average molecular weight is 387 g/mol. The van der Waals surface area contributed by atoms with Crippen molar-refractivity contribution in [2.75, 3.05) is 18.9 Å². The fourth-order valence-corrected chi connectivity index (χ4v) is 2.47. The predicted octanol–water partition coefficient (Wildman–Crippen LogP) is 4.65. The molecular formula is C18H34N4O3S. The Morgan fingerprint density at radius 2 is 1.73 bits per heavy atom. The molecule has 0 aromatic heterocycles. The van der Waals surface area contributed by atoms with E-state index >= 15 is 0 Å². The van der Waals surface area contributed by atoms with Crippen LogP contribution in [0.1, 0.15) is 65.2 Å². The summed E-state index contributed by atoms with van der Waals surface area (Å²) in [7, 11) is 0. The Balaban J connectivity index is 4.46. The van der Waals surface area contributed by atoms with Gasteiger partial charge in [0.05, 0.1) is 6.61 Å². The number of nitrogens with one attached hydrogen (secondary N) is 3. The van der Waals surface area contributed by atoms with E-state index in [-0.39, 0.29) is 0 Å². The molecule has 0 aromatic carbocycles. The van der Waals surface area contributed by atoms with Crippen LogP contribution in [0.5, 0.6) is 0 Å². The van der Waals surface area contributed by atoms with Crippen molar-refractivity contribution >= 4 is 30.0 Å². The Hall–Kier alpha value is -1.70. The summed E-state index contributed by atoms with van der Waals surface area (Å²) in [6.07, 6.45) is 9.92. The standard InChI is InChI=1S/C18H34N4O3S/c1-4-7-9-10-11-12-14-25-16(19)22(17(23)20-13-8-5-2)18(24)21-26-15-6-3/h6,19H,3-5,7-15H2,1-2H3,(H,20,23)(H,21,24). The highest BCUT2D eigenvalue weighted by Gasteiger charge is 2.27. The Bertz CT molecular complexity index is 433. The van der Waals surface area contributed by atoms with E-state index in [0.717, 1.165) is 44.1 Å². The van der Waals surface area contributed by atoms with Crippen LogP contribution in [-0.2, 0) is 4.74 Å². The van der Waals surface area contributed by atoms with Gasteiger partial charge in [-0.2, -0.15) is 4.90 Å². The van der Waals surface area contributed by atoms with Gasteiger partial charge in [-0.1, -0.05) is 58.4 Å². The number of hydrogen-bond donors (Lipinski definition) is 3. The van der Waals surface area contributed by atoms with Gasteiger partial charge in [-0.3, -0.25) is 10.1 Å². The first-order chi connectivity index (χ1) is 12.6. The number of imide groups is 1. The summed E-state index contributed by atoms with van der Waals surface area (Å²) in [5.74, 6) is 0.503. The van der Waals surface area contributed by atoms with Gasteiger partial charge in [0.15, 0.2) is 0 Å². The second kappa shape index (κ2) is 16.8. The number of rotatable bonds is 13. The molecule has 0 aliphatic heterocycles. The van der Waals surface area contributed by atoms with Crippen LogP contribution < -0.4 is 10.0 Å². The largest absolute Gasteiger partial charge is 0.465 e. The number of carbonyl (C=O) groups excluding carboxylic acids is 2. The minimum absolute atomic E-state index is 0.316. The lowest BCUT2D eigenvalue weighted by Crippen LogP contribution is -2.51. The predicted molar refractivity (Wildman–Crippen MR) is 108 cm³/mol. The van der Waals surface area contributed by atoms with Gasteiger partial charge in [0.1, 0.15) is 0 Å². The van der Waals surface area contributed by atoms with Gasteiger partial charge in [0, 0.05) is 12.3 Å². The first kappa shape index (κ1) is 24.3. The molecule has 0 bridgehead atoms. The molecule has 0 saturated heterocycles. The smallest absolute Gasteiger partial charge is 0.343 e. The van der Waals surface area contributed by atoms with Crippen LogP contribution in [0.4, 0.5) is 9.59 Å². The molecule has 0 spiro atoms. The highest BCUT2D eigenvalue weighted by Crippen LogP contribution is 2.06. The maximum Gasteiger partial charge on any atom is 0.343 e. The zero-order valence-electron chi connectivity index (χ0n) is 16.1. The van der Waals surface area contributed by atoms with Crippen LogP contribution in [0, 0.1) is 5.41 Å². The highest BCUT2D eigenvalue weighted by molar-refractivity contribution is 7.98. The number of amides is 4. The maximum absolute atomic E-state index is 12.2. The summed E-state index contributed by atoms with van der Waals surface area (Å²) >= 11 is 1.10. The van der Waals surface area contributed by atoms with E-state index in [2.05, 4.69) is 23.5 Å². The third kappa shape index (κ3) is 11.8. The van der Waals surface area contributed by atoms with Gasteiger partial charge in [-0.05, 0) is 24.8 Å². The average Bonchev–Trinajstić information content (AvgIpc) is 2.61. The van der Waals surface area contributed by atoms with Crippen molar-refractivity contribution in [2.24, 2.45) is 0 Å². The number of amidine groups is 1. The summed E-state index contributed by atoms with van der Waals surface area (Å²) in [5, 5.41) is 10.6. The number of unbranched alkanes of at least 4 members (excludes halogenated alkanes) is 6. The molecule has 0 saturated carbocycles. The third-order valence-electron chi connectivity index (χ3n) is 3.51. The first-order valence-electron chi connectivity index (χ1n) is 9.40. The number of urea groups is 2. The molecule has 0 fully saturated rings. The summed E-state index contributed by atoms with van der Waals surface area (Å²) in [5.41, 5.74) is 0. The monoisotopic (exact) mass is 386 g/mol. The molecule has 3 N–H and O–H groups in total. The van der Waals surface area contributed by atoms with E-state index in [4.69, 9.17) is 10.1 Å². The van der Waals surface area contributed by atoms with Crippen molar-refractivity contribution in [1.82, 2.24) is 14.9 Å². The van der Waals surface area contributed by atoms with E-state index in [1.807, 2.05) is 6.92 Å². The van der Waals surface area contributed by atoms with Crippen LogP contribution in [0.25, 0.3) is 0 Å². The quantitative estimate of drug-likeness (QED) is 0.141. The van der Waals surface area contributed by atoms with Gasteiger partial charge in [-0.15, -0.1) is 6.58 Å². The minimum atomic E-state index is -0.696. The fraction of sp³-hybridized carbons (Fsp3) is 0.722. The number of ether oxygens (including phenoxy) is 1. The number of hydrogen-bond acceptors (Lipinski definition) is 5. The van der Waals surface area contributed by atoms with Crippen molar-refractivity contribution in [2.45, 2.75) is 65.2 Å². The summed E-state index contributed by atoms with van der Waals surface area (Å²) in [4.78, 5) is 25.2. The third-order valence-corrected chi connectivity index (χ3v) is 4.23. The molecule has 4 amide bonds. The summed E-state index contributed by atoms with van der Waals surface area (Å²) in [6.45, 7) is 8.51. The topological polar surface area (TPSA) is 94.5 Å². The second-order valence-corrected chi connectivity index (χ2v) is 6.68. The van der Waals surface area contributed by atoms with E-state index in [9.17, 15) is 9.59 Å². The van der Waals surface area contributed by atoms with Gasteiger partial charge in [0.25, 0.3) is 0 Å². The molecular weight excluding hydrogens is 352 g/mol. The lowest BCUT2D eigenvalue weighted by molar-refractivity contribution is 0.188. The molecule has 0 atom stereocenters. The molecule has 0 aromatic rings. The molecule has 0 aliphatic rings. The van der Waals surface area contributed by atoms with Crippen molar-refractivity contribution < 1.29 is 14.3 Å². The van der Waals surface area contributed by atoms with Gasteiger partial charge >= 0.3 is 18.1 Å². The van der Waals surface area contributed by atoms with Gasteiger partial charge < -0.3 is 10.1 Å². The Labute approximate surface area is 161 Å². The van der Waals surface area contributed by atoms with Crippen molar-refractivity contribution in [3.63, 3.8) is 0 Å². The summed E-state index contributed by atoms with van der Waals surface area (Å²) in [6, 6.07) is -1.80. The molecule has 7 nitrogen and oxygen atoms in total. The molecule has 0 radical (unpaired) electrons. The van der Waals surface area contributed by atoms with Gasteiger partial charge in [0.2, 0.25) is 0 Å². The van der Waals surface area contributed by atoms with Crippen LogP contribution in [-0.4, -0.2) is 41.9 Å². The van der Waals surface area contributed by atoms with Gasteiger partial charge in [-0.25, -0.2) is 9.59 Å². The van der Waals surface area contributed by atoms with E-state index in [1.165, 1.54) is 19.3 Å². The molecule has 0 aliphatic carbocycles. The lowest BCUT2D eigenvalue weighted by atomic mass is 10.1. The first-order valence-corrected chi connectivity index (χ1v) is 10.4. The highest BCUT2D eigenvalue weighted by atomic mass is 32.2. The van der Waals surface area contributed by atoms with E-state index in [0.29, 0.717) is 23.8 Å². The van der Waals surface area contributed by atoms with E-state index < -0.39 is 18.1 Å². The normalized spacial score (nSPS) is 10.1. The molecule has 150 valence electrons. The number of nitrogens with zero attached hydrogens (tertiary/aromatic N) is 1. The Morgan fingerprint density at radius 1 is 1.08 bits per heavy atom. The second-order valence-electron chi connectivity index (χ2n) is 5.85. The zero-order chi connectivity index (χ0) is 19.6. The lowest BCUT2D eigenvalue weighted by Gasteiger charge is -2.21. The number of carbonyl (C=O) groups is 2. The van der Waals surface area contributed by atoms with Crippen molar-refractivity contribution in [1.29, 1.82) is 5.41 Å². The Morgan fingerprint density at radius 3 is 2.38 bits per heavy atom. The van der Waals surface area contributed by atoms with E-state index in [1.54, 1.807) is 6.08 Å².